The van der Waals surface area contributed by atoms with Crippen molar-refractivity contribution >= 4 is 0 Å². The summed E-state index contributed by atoms with van der Waals surface area (Å²) in [4.78, 5) is 5.26. The van der Waals surface area contributed by atoms with Crippen LogP contribution in [0.2, 0.25) is 0 Å². The molecule has 0 aliphatic carbocycles. The molecule has 0 aromatic carbocycles. The Labute approximate surface area is 98.6 Å². The molecule has 0 radical (unpaired) electrons. The van der Waals surface area contributed by atoms with E-state index in [4.69, 9.17) is 5.53 Å². The molecular formula is C12H24N4. The van der Waals surface area contributed by atoms with E-state index >= 15 is 0 Å². The van der Waals surface area contributed by atoms with Crippen LogP contribution in [0.1, 0.15) is 40.0 Å². The molecule has 1 heterocycles. The molecule has 0 spiro atoms. The molecule has 0 aromatic heterocycles. The van der Waals surface area contributed by atoms with Crippen LogP contribution in [0.15, 0.2) is 5.11 Å². The first kappa shape index (κ1) is 13.3. The second-order valence-corrected chi connectivity index (χ2v) is 5.79. The largest absolute Gasteiger partial charge is 0.303 e. The first-order valence-corrected chi connectivity index (χ1v) is 6.27. The molecule has 0 atom stereocenters. The highest BCUT2D eigenvalue weighted by Gasteiger charge is 2.28. The van der Waals surface area contributed by atoms with Crippen LogP contribution in [0.5, 0.6) is 0 Å². The van der Waals surface area contributed by atoms with Crippen LogP contribution in [0.25, 0.3) is 10.4 Å². The average molecular weight is 224 g/mol. The second kappa shape index (κ2) is 6.12. The Morgan fingerprint density at radius 3 is 2.44 bits per heavy atom. The first-order chi connectivity index (χ1) is 7.54. The Bertz CT molecular complexity index is 242. The lowest BCUT2D eigenvalue weighted by molar-refractivity contribution is 0.112. The lowest BCUT2D eigenvalue weighted by Gasteiger charge is -2.38. The summed E-state index contributed by atoms with van der Waals surface area (Å²) in [6.07, 6.45) is 3.61. The monoisotopic (exact) mass is 224 g/mol. The molecule has 4 heteroatoms. The molecule has 0 N–H and O–H groups in total. The van der Waals surface area contributed by atoms with Crippen molar-refractivity contribution in [3.8, 4) is 0 Å². The zero-order valence-electron chi connectivity index (χ0n) is 10.8. The van der Waals surface area contributed by atoms with E-state index in [-0.39, 0.29) is 0 Å². The predicted molar refractivity (Wildman–Crippen MR) is 67.2 cm³/mol. The predicted octanol–water partition coefficient (Wildman–Crippen LogP) is 3.44. The minimum atomic E-state index is 0.456. The lowest BCUT2D eigenvalue weighted by Crippen LogP contribution is -2.38. The van der Waals surface area contributed by atoms with Crippen molar-refractivity contribution < 1.29 is 0 Å². The topological polar surface area (TPSA) is 52.0 Å². The third-order valence-electron chi connectivity index (χ3n) is 3.61. The number of piperidine rings is 1. The van der Waals surface area contributed by atoms with Crippen LogP contribution in [-0.2, 0) is 0 Å². The van der Waals surface area contributed by atoms with Gasteiger partial charge < -0.3 is 4.90 Å². The lowest BCUT2D eigenvalue weighted by atomic mass is 9.75. The van der Waals surface area contributed by atoms with Gasteiger partial charge in [0.15, 0.2) is 0 Å². The van der Waals surface area contributed by atoms with E-state index in [9.17, 15) is 0 Å². The first-order valence-electron chi connectivity index (χ1n) is 6.27. The quantitative estimate of drug-likeness (QED) is 0.312. The maximum absolute atomic E-state index is 8.17. The van der Waals surface area contributed by atoms with Gasteiger partial charge in [0.05, 0.1) is 0 Å². The zero-order valence-corrected chi connectivity index (χ0v) is 10.8. The number of rotatable bonds is 4. The summed E-state index contributed by atoms with van der Waals surface area (Å²) in [5.74, 6) is 0.862. The number of azide groups is 1. The van der Waals surface area contributed by atoms with Crippen molar-refractivity contribution in [1.82, 2.24) is 4.90 Å². The van der Waals surface area contributed by atoms with Gasteiger partial charge in [-0.3, -0.25) is 0 Å². The van der Waals surface area contributed by atoms with E-state index in [0.717, 1.165) is 18.9 Å². The summed E-state index contributed by atoms with van der Waals surface area (Å²) in [7, 11) is 0. The van der Waals surface area contributed by atoms with Crippen LogP contribution >= 0.6 is 0 Å². The molecule has 1 rings (SSSR count). The minimum absolute atomic E-state index is 0.456. The summed E-state index contributed by atoms with van der Waals surface area (Å²) in [5, 5.41) is 3.56. The van der Waals surface area contributed by atoms with E-state index in [1.54, 1.807) is 0 Å². The number of likely N-dealkylation sites (tertiary alicyclic amines) is 1. The molecule has 1 aliphatic rings. The third-order valence-corrected chi connectivity index (χ3v) is 3.61. The van der Waals surface area contributed by atoms with Crippen LogP contribution in [-0.4, -0.2) is 31.1 Å². The van der Waals surface area contributed by atoms with Crippen molar-refractivity contribution in [2.45, 2.75) is 40.0 Å². The normalized spacial score (nSPS) is 19.4. The van der Waals surface area contributed by atoms with Gasteiger partial charge in [0.1, 0.15) is 0 Å². The van der Waals surface area contributed by atoms with Crippen molar-refractivity contribution in [2.75, 3.05) is 26.2 Å². The Hall–Kier alpha value is -0.730. The van der Waals surface area contributed by atoms with E-state index < -0.39 is 0 Å². The maximum atomic E-state index is 8.17. The fourth-order valence-corrected chi connectivity index (χ4v) is 2.43. The van der Waals surface area contributed by atoms with Crippen molar-refractivity contribution in [3.05, 3.63) is 10.4 Å². The highest BCUT2D eigenvalue weighted by atomic mass is 15.1. The molecule has 4 nitrogen and oxygen atoms in total. The van der Waals surface area contributed by atoms with E-state index in [1.807, 2.05) is 0 Å². The third kappa shape index (κ3) is 4.42. The van der Waals surface area contributed by atoms with Gasteiger partial charge in [0, 0.05) is 11.5 Å². The van der Waals surface area contributed by atoms with Crippen LogP contribution in [0.3, 0.4) is 0 Å². The fraction of sp³-hybridized carbons (Fsp3) is 1.00. The highest BCUT2D eigenvalue weighted by Crippen LogP contribution is 2.34. The molecule has 0 unspecified atom stereocenters. The van der Waals surface area contributed by atoms with Gasteiger partial charge in [-0.25, -0.2) is 0 Å². The van der Waals surface area contributed by atoms with Gasteiger partial charge in [-0.2, -0.15) is 0 Å². The Kier molecular flexibility index (Phi) is 5.10. The smallest absolute Gasteiger partial charge is 0.0270 e. The van der Waals surface area contributed by atoms with Crippen molar-refractivity contribution in [3.63, 3.8) is 0 Å². The molecule has 0 aromatic rings. The van der Waals surface area contributed by atoms with Gasteiger partial charge in [-0.1, -0.05) is 25.9 Å². The Balaban J connectivity index is 2.19. The fourth-order valence-electron chi connectivity index (χ4n) is 2.43. The standard InChI is InChI=1S/C12H24N4/c1-12(2,3)11-5-9-16(10-6-11)8-4-7-14-15-13/h11H,4-10H2,1-3H3. The molecule has 1 aliphatic heterocycles. The highest BCUT2D eigenvalue weighted by molar-refractivity contribution is 4.80. The summed E-state index contributed by atoms with van der Waals surface area (Å²) in [6.45, 7) is 11.2. The number of nitrogens with zero attached hydrogens (tertiary/aromatic N) is 4. The molecule has 0 amide bonds. The molecule has 1 saturated heterocycles. The maximum Gasteiger partial charge on any atom is 0.0270 e. The van der Waals surface area contributed by atoms with Gasteiger partial charge >= 0.3 is 0 Å². The van der Waals surface area contributed by atoms with Gasteiger partial charge in [0.2, 0.25) is 0 Å². The summed E-state index contributed by atoms with van der Waals surface area (Å²) >= 11 is 0. The molecule has 16 heavy (non-hydrogen) atoms. The van der Waals surface area contributed by atoms with E-state index in [0.29, 0.717) is 12.0 Å². The van der Waals surface area contributed by atoms with E-state index in [1.165, 1.54) is 25.9 Å². The van der Waals surface area contributed by atoms with Crippen molar-refractivity contribution in [1.29, 1.82) is 0 Å². The molecular weight excluding hydrogens is 200 g/mol. The number of hydrogen-bond acceptors (Lipinski definition) is 2. The van der Waals surface area contributed by atoms with E-state index in [2.05, 4.69) is 35.7 Å². The van der Waals surface area contributed by atoms with Gasteiger partial charge in [-0.15, -0.1) is 0 Å². The van der Waals surface area contributed by atoms with Crippen LogP contribution < -0.4 is 0 Å². The summed E-state index contributed by atoms with van der Waals surface area (Å²) in [5.41, 5.74) is 8.63. The van der Waals surface area contributed by atoms with Crippen LogP contribution in [0.4, 0.5) is 0 Å². The Morgan fingerprint density at radius 1 is 1.31 bits per heavy atom. The molecule has 0 saturated carbocycles. The second-order valence-electron chi connectivity index (χ2n) is 5.79. The number of hydrogen-bond donors (Lipinski definition) is 0. The van der Waals surface area contributed by atoms with Crippen LogP contribution in [0, 0.1) is 11.3 Å². The zero-order chi connectivity index (χ0) is 12.0. The molecule has 1 fully saturated rings. The molecule has 0 bridgehead atoms. The van der Waals surface area contributed by atoms with Gasteiger partial charge in [0.25, 0.3) is 0 Å². The average Bonchev–Trinajstić information content (AvgIpc) is 2.24. The Morgan fingerprint density at radius 2 is 1.94 bits per heavy atom. The minimum Gasteiger partial charge on any atom is -0.303 e. The SMILES string of the molecule is CC(C)(C)C1CCN(CCCN=[N+]=[N-])CC1. The summed E-state index contributed by atoms with van der Waals surface area (Å²) in [6, 6.07) is 0. The molecule has 92 valence electrons. The van der Waals surface area contributed by atoms with Gasteiger partial charge in [-0.05, 0) is 55.8 Å². The van der Waals surface area contributed by atoms with Crippen molar-refractivity contribution in [2.24, 2.45) is 16.4 Å². The summed E-state index contributed by atoms with van der Waals surface area (Å²) < 4.78 is 0.